The molecule has 0 saturated heterocycles. The molecule has 0 radical (unpaired) electrons. The molecule has 0 aliphatic heterocycles. The van der Waals surface area contributed by atoms with Crippen LogP contribution in [0.1, 0.15) is 25.2 Å². The van der Waals surface area contributed by atoms with Crippen molar-refractivity contribution in [2.24, 2.45) is 0 Å². The Hall–Kier alpha value is -1.59. The smallest absolute Gasteiger partial charge is 0.342 e. The normalized spacial score (nSPS) is 11.2. The van der Waals surface area contributed by atoms with E-state index in [1.165, 1.54) is 6.92 Å². The Balaban J connectivity index is 0.000000686. The molecule has 1 aromatic carbocycles. The van der Waals surface area contributed by atoms with Gasteiger partial charge in [-0.25, -0.2) is 9.37 Å². The Bertz CT molecular complexity index is 514. The number of H-pyrrole nitrogens is 1. The fourth-order valence-corrected chi connectivity index (χ4v) is 1.42. The number of nitrogens with one attached hydrogen (secondary N) is 1. The van der Waals surface area contributed by atoms with E-state index in [1.54, 1.807) is 0 Å². The van der Waals surface area contributed by atoms with Crippen molar-refractivity contribution in [2.45, 2.75) is 26.9 Å². The third-order valence-electron chi connectivity index (χ3n) is 1.98. The van der Waals surface area contributed by atoms with E-state index in [4.69, 9.17) is 0 Å². The van der Waals surface area contributed by atoms with Crippen molar-refractivity contribution < 1.29 is 17.6 Å². The van der Waals surface area contributed by atoms with Crippen molar-refractivity contribution in [3.63, 3.8) is 0 Å². The molecule has 2 rings (SSSR count). The van der Waals surface area contributed by atoms with Crippen LogP contribution in [-0.2, 0) is 6.18 Å². The van der Waals surface area contributed by atoms with Crippen molar-refractivity contribution >= 4 is 11.0 Å². The number of aromatic nitrogens is 2. The molecule has 1 heterocycles. The summed E-state index contributed by atoms with van der Waals surface area (Å²) in [6, 6.07) is 1.44. The van der Waals surface area contributed by atoms with Crippen molar-refractivity contribution in [3.8, 4) is 0 Å². The van der Waals surface area contributed by atoms with Crippen molar-refractivity contribution in [1.29, 1.82) is 0 Å². The number of nitrogens with zero attached hydrogens (tertiary/aromatic N) is 1. The van der Waals surface area contributed by atoms with E-state index in [0.717, 1.165) is 6.07 Å². The Kier molecular flexibility index (Phi) is 3.75. The van der Waals surface area contributed by atoms with Crippen LogP contribution in [0.25, 0.3) is 11.0 Å². The molecule has 2 nitrogen and oxygen atoms in total. The molecule has 0 fully saturated rings. The van der Waals surface area contributed by atoms with E-state index in [9.17, 15) is 17.6 Å². The van der Waals surface area contributed by atoms with Crippen LogP contribution >= 0.6 is 0 Å². The predicted octanol–water partition coefficient (Wildman–Crippen LogP) is 4.06. The van der Waals surface area contributed by atoms with E-state index in [0.29, 0.717) is 11.9 Å². The fraction of sp³-hybridized carbons (Fsp3) is 0.364. The topological polar surface area (TPSA) is 28.7 Å². The van der Waals surface area contributed by atoms with Gasteiger partial charge in [-0.1, -0.05) is 13.8 Å². The Morgan fingerprint density at radius 1 is 1.18 bits per heavy atom. The van der Waals surface area contributed by atoms with Crippen molar-refractivity contribution in [1.82, 2.24) is 9.97 Å². The first kappa shape index (κ1) is 13.5. The molecule has 1 N–H and O–H groups in total. The monoisotopic (exact) mass is 248 g/mol. The number of aromatic amines is 1. The highest BCUT2D eigenvalue weighted by Gasteiger charge is 2.34. The number of halogens is 4. The van der Waals surface area contributed by atoms with Crippen LogP contribution in [0.5, 0.6) is 0 Å². The summed E-state index contributed by atoms with van der Waals surface area (Å²) in [5.41, 5.74) is -1.25. The summed E-state index contributed by atoms with van der Waals surface area (Å²) in [5, 5.41) is 0. The molecule has 0 atom stereocenters. The second kappa shape index (κ2) is 4.73. The van der Waals surface area contributed by atoms with Gasteiger partial charge in [0.15, 0.2) is 0 Å². The molecular weight excluding hydrogens is 236 g/mol. The van der Waals surface area contributed by atoms with E-state index in [1.807, 2.05) is 13.8 Å². The molecule has 17 heavy (non-hydrogen) atoms. The first-order valence-corrected chi connectivity index (χ1v) is 5.11. The SMILES string of the molecule is CC.Cc1nc2c(C(F)(F)F)cc(F)cc2[nH]1. The largest absolute Gasteiger partial charge is 0.418 e. The second-order valence-corrected chi connectivity index (χ2v) is 3.17. The number of hydrogen-bond acceptors (Lipinski definition) is 1. The van der Waals surface area contributed by atoms with Gasteiger partial charge >= 0.3 is 6.18 Å². The number of aryl methyl sites for hydroxylation is 1. The predicted molar refractivity (Wildman–Crippen MR) is 57.1 cm³/mol. The van der Waals surface area contributed by atoms with E-state index >= 15 is 0 Å². The summed E-state index contributed by atoms with van der Waals surface area (Å²) in [4.78, 5) is 6.24. The van der Waals surface area contributed by atoms with Gasteiger partial charge in [-0.3, -0.25) is 0 Å². The molecule has 2 aromatic rings. The van der Waals surface area contributed by atoms with Crippen LogP contribution in [0.2, 0.25) is 0 Å². The average molecular weight is 248 g/mol. The molecule has 0 amide bonds. The summed E-state index contributed by atoms with van der Waals surface area (Å²) >= 11 is 0. The highest BCUT2D eigenvalue weighted by molar-refractivity contribution is 5.79. The number of imidazole rings is 1. The second-order valence-electron chi connectivity index (χ2n) is 3.17. The minimum Gasteiger partial charge on any atom is -0.342 e. The van der Waals surface area contributed by atoms with Gasteiger partial charge in [-0.15, -0.1) is 0 Å². The molecule has 0 saturated carbocycles. The lowest BCUT2D eigenvalue weighted by Gasteiger charge is -2.06. The molecule has 1 aromatic heterocycles. The standard InChI is InChI=1S/C9H6F4N2.C2H6/c1-4-14-7-3-5(10)2-6(8(7)15-4)9(11,12)13;1-2/h2-3H,1H3,(H,14,15);1-2H3. The summed E-state index contributed by atoms with van der Waals surface area (Å²) in [7, 11) is 0. The van der Waals surface area contributed by atoms with Gasteiger partial charge in [-0.05, 0) is 19.1 Å². The average Bonchev–Trinajstić information content (AvgIpc) is 2.58. The lowest BCUT2D eigenvalue weighted by Crippen LogP contribution is -2.06. The van der Waals surface area contributed by atoms with Gasteiger partial charge in [0, 0.05) is 0 Å². The van der Waals surface area contributed by atoms with Crippen LogP contribution in [-0.4, -0.2) is 9.97 Å². The molecule has 0 aliphatic rings. The summed E-state index contributed by atoms with van der Waals surface area (Å²) < 4.78 is 50.3. The van der Waals surface area contributed by atoms with Crippen molar-refractivity contribution in [3.05, 3.63) is 29.3 Å². The molecule has 94 valence electrons. The maximum absolute atomic E-state index is 12.9. The zero-order chi connectivity index (χ0) is 13.2. The molecule has 0 spiro atoms. The van der Waals surface area contributed by atoms with Gasteiger partial charge in [0.2, 0.25) is 0 Å². The summed E-state index contributed by atoms with van der Waals surface area (Å²) in [6.45, 7) is 5.51. The maximum atomic E-state index is 12.9. The highest BCUT2D eigenvalue weighted by Crippen LogP contribution is 2.34. The first-order chi connectivity index (χ1) is 7.88. The zero-order valence-electron chi connectivity index (χ0n) is 9.61. The number of hydrogen-bond donors (Lipinski definition) is 1. The molecular formula is C11H12F4N2. The Morgan fingerprint density at radius 2 is 1.76 bits per heavy atom. The van der Waals surface area contributed by atoms with Crippen LogP contribution in [0.4, 0.5) is 17.6 Å². The zero-order valence-corrected chi connectivity index (χ0v) is 9.61. The van der Waals surface area contributed by atoms with Gasteiger partial charge in [0.25, 0.3) is 0 Å². The maximum Gasteiger partial charge on any atom is 0.418 e. The highest BCUT2D eigenvalue weighted by atomic mass is 19.4. The molecule has 0 unspecified atom stereocenters. The third kappa shape index (κ3) is 2.75. The fourth-order valence-electron chi connectivity index (χ4n) is 1.42. The molecule has 0 bridgehead atoms. The minimum absolute atomic E-state index is 0.0554. The Labute approximate surface area is 95.7 Å². The number of alkyl halides is 3. The molecule has 0 aliphatic carbocycles. The van der Waals surface area contributed by atoms with E-state index < -0.39 is 17.6 Å². The van der Waals surface area contributed by atoms with E-state index in [2.05, 4.69) is 9.97 Å². The lowest BCUT2D eigenvalue weighted by molar-refractivity contribution is -0.136. The number of benzene rings is 1. The van der Waals surface area contributed by atoms with Gasteiger partial charge < -0.3 is 4.98 Å². The third-order valence-corrected chi connectivity index (χ3v) is 1.98. The first-order valence-electron chi connectivity index (χ1n) is 5.11. The minimum atomic E-state index is -4.60. The van der Waals surface area contributed by atoms with Crippen LogP contribution in [0, 0.1) is 12.7 Å². The quantitative estimate of drug-likeness (QED) is 0.700. The van der Waals surface area contributed by atoms with Crippen LogP contribution in [0.3, 0.4) is 0 Å². The Morgan fingerprint density at radius 3 is 2.29 bits per heavy atom. The van der Waals surface area contributed by atoms with Gasteiger partial charge in [0.05, 0.1) is 11.1 Å². The van der Waals surface area contributed by atoms with Crippen LogP contribution < -0.4 is 0 Å². The summed E-state index contributed by atoms with van der Waals surface area (Å²) in [6.07, 6.45) is -4.60. The lowest BCUT2D eigenvalue weighted by atomic mass is 10.1. The van der Waals surface area contributed by atoms with Crippen molar-refractivity contribution in [2.75, 3.05) is 0 Å². The van der Waals surface area contributed by atoms with Gasteiger partial charge in [0.1, 0.15) is 17.2 Å². The molecule has 6 heteroatoms. The summed E-state index contributed by atoms with van der Waals surface area (Å²) in [5.74, 6) is -0.612. The van der Waals surface area contributed by atoms with E-state index in [-0.39, 0.29) is 11.0 Å². The van der Waals surface area contributed by atoms with Gasteiger partial charge in [-0.2, -0.15) is 13.2 Å². The number of fused-ring (bicyclic) bond motifs is 1. The van der Waals surface area contributed by atoms with Crippen LogP contribution in [0.15, 0.2) is 12.1 Å². The number of rotatable bonds is 0.